The Bertz CT molecular complexity index is 858. The van der Waals surface area contributed by atoms with E-state index in [1.807, 2.05) is 18.2 Å². The van der Waals surface area contributed by atoms with Crippen LogP contribution in [0.4, 0.5) is 10.6 Å². The number of benzene rings is 1. The second-order valence-electron chi connectivity index (χ2n) is 7.37. The molecule has 2 amide bonds. The number of carbonyl (C=O) groups excluding carboxylic acids is 2. The van der Waals surface area contributed by atoms with Crippen LogP contribution in [-0.2, 0) is 20.8 Å². The van der Waals surface area contributed by atoms with Crippen molar-refractivity contribution >= 4 is 29.4 Å². The lowest BCUT2D eigenvalue weighted by molar-refractivity contribution is -0.124. The molecule has 1 aromatic carbocycles. The number of amides is 2. The smallest absolute Gasteiger partial charge is 0.407 e. The first-order valence-electron chi connectivity index (χ1n) is 9.73. The quantitative estimate of drug-likeness (QED) is 0.667. The van der Waals surface area contributed by atoms with Gasteiger partial charge >= 0.3 is 6.09 Å². The first-order chi connectivity index (χ1) is 14.1. The zero-order valence-electron chi connectivity index (χ0n) is 15.8. The Hall–Kier alpha value is -2.58. The lowest BCUT2D eigenvalue weighted by atomic mass is 9.80. The number of alkyl carbamates (subject to hydrolysis) is 1. The van der Waals surface area contributed by atoms with E-state index in [1.54, 1.807) is 12.1 Å². The van der Waals surface area contributed by atoms with Gasteiger partial charge < -0.3 is 20.1 Å². The fourth-order valence-electron chi connectivity index (χ4n) is 3.48. The normalized spacial score (nSPS) is 23.3. The van der Waals surface area contributed by atoms with Gasteiger partial charge in [0, 0.05) is 30.2 Å². The highest BCUT2D eigenvalue weighted by Gasteiger charge is 2.35. The highest BCUT2D eigenvalue weighted by atomic mass is 35.5. The van der Waals surface area contributed by atoms with Crippen LogP contribution in [0, 0.1) is 0 Å². The number of ether oxygens (including phenoxy) is 2. The third kappa shape index (κ3) is 5.07. The van der Waals surface area contributed by atoms with E-state index < -0.39 is 6.09 Å². The van der Waals surface area contributed by atoms with Crippen LogP contribution < -0.4 is 10.6 Å². The largest absolute Gasteiger partial charge is 0.446 e. The Morgan fingerprint density at radius 2 is 2.07 bits per heavy atom. The van der Waals surface area contributed by atoms with Gasteiger partial charge in [0.25, 0.3) is 5.91 Å². The topological polar surface area (TPSA) is 105 Å². The molecule has 1 saturated heterocycles. The van der Waals surface area contributed by atoms with Gasteiger partial charge in [-0.3, -0.25) is 9.89 Å². The maximum atomic E-state index is 12.1. The predicted molar refractivity (Wildman–Crippen MR) is 107 cm³/mol. The highest BCUT2D eigenvalue weighted by molar-refractivity contribution is 6.30. The molecule has 2 heterocycles. The van der Waals surface area contributed by atoms with Crippen molar-refractivity contribution in [3.05, 3.63) is 46.6 Å². The number of carbonyl (C=O) groups is 2. The molecule has 4 rings (SSSR count). The Labute approximate surface area is 173 Å². The Balaban J connectivity index is 1.18. The number of hydrogen-bond donors (Lipinski definition) is 3. The maximum absolute atomic E-state index is 12.1. The lowest BCUT2D eigenvalue weighted by Crippen LogP contribution is -2.36. The molecule has 0 bridgehead atoms. The van der Waals surface area contributed by atoms with Gasteiger partial charge in [0.1, 0.15) is 18.0 Å². The molecule has 154 valence electrons. The SMILES string of the molecule is O=C(NCc1ccc(Cl)cc1)OC1CC(c2cc(NC(=O)C3CCCO3)[nH]n2)C1. The monoisotopic (exact) mass is 418 g/mol. The molecule has 1 saturated carbocycles. The summed E-state index contributed by atoms with van der Waals surface area (Å²) in [7, 11) is 0. The van der Waals surface area contributed by atoms with E-state index in [1.165, 1.54) is 0 Å². The summed E-state index contributed by atoms with van der Waals surface area (Å²) < 4.78 is 10.8. The van der Waals surface area contributed by atoms with Crippen LogP contribution in [0.25, 0.3) is 0 Å². The molecule has 1 aromatic heterocycles. The van der Waals surface area contributed by atoms with Crippen LogP contribution in [0.15, 0.2) is 30.3 Å². The van der Waals surface area contributed by atoms with Gasteiger partial charge in [0.15, 0.2) is 0 Å². The Morgan fingerprint density at radius 1 is 1.28 bits per heavy atom. The number of nitrogens with one attached hydrogen (secondary N) is 3. The molecule has 1 atom stereocenters. The summed E-state index contributed by atoms with van der Waals surface area (Å²) in [5.41, 5.74) is 1.81. The zero-order valence-corrected chi connectivity index (χ0v) is 16.6. The van der Waals surface area contributed by atoms with Gasteiger partial charge in [-0.2, -0.15) is 5.10 Å². The number of nitrogens with zero attached hydrogens (tertiary/aromatic N) is 1. The maximum Gasteiger partial charge on any atom is 0.407 e. The van der Waals surface area contributed by atoms with E-state index in [-0.39, 0.29) is 24.0 Å². The number of hydrogen-bond acceptors (Lipinski definition) is 5. The molecule has 8 nitrogen and oxygen atoms in total. The zero-order chi connectivity index (χ0) is 20.2. The van der Waals surface area contributed by atoms with E-state index in [9.17, 15) is 9.59 Å². The van der Waals surface area contributed by atoms with E-state index in [0.29, 0.717) is 36.8 Å². The summed E-state index contributed by atoms with van der Waals surface area (Å²) in [6, 6.07) is 9.10. The second kappa shape index (κ2) is 8.84. The van der Waals surface area contributed by atoms with Crippen LogP contribution >= 0.6 is 11.6 Å². The highest BCUT2D eigenvalue weighted by Crippen LogP contribution is 2.38. The molecule has 0 radical (unpaired) electrons. The van der Waals surface area contributed by atoms with Crippen LogP contribution in [0.2, 0.25) is 5.02 Å². The van der Waals surface area contributed by atoms with Crippen molar-refractivity contribution in [1.29, 1.82) is 0 Å². The molecule has 2 aromatic rings. The molecule has 2 fully saturated rings. The average molecular weight is 419 g/mol. The summed E-state index contributed by atoms with van der Waals surface area (Å²) in [5.74, 6) is 0.615. The van der Waals surface area contributed by atoms with Gasteiger partial charge in [0.05, 0.1) is 5.69 Å². The minimum absolute atomic E-state index is 0.133. The van der Waals surface area contributed by atoms with Crippen LogP contribution in [-0.4, -0.2) is 41.0 Å². The molecule has 2 aliphatic rings. The summed E-state index contributed by atoms with van der Waals surface area (Å²) >= 11 is 5.84. The van der Waals surface area contributed by atoms with Crippen molar-refractivity contribution in [2.24, 2.45) is 0 Å². The number of H-pyrrole nitrogens is 1. The first kappa shape index (κ1) is 19.7. The molecule has 1 aliphatic carbocycles. The summed E-state index contributed by atoms with van der Waals surface area (Å²) in [6.07, 6.45) is 2.12. The van der Waals surface area contributed by atoms with Gasteiger partial charge in [-0.05, 0) is 43.4 Å². The number of rotatable bonds is 6. The molecule has 1 aliphatic heterocycles. The Kier molecular flexibility index (Phi) is 6.01. The van der Waals surface area contributed by atoms with Gasteiger partial charge in [-0.25, -0.2) is 4.79 Å². The van der Waals surface area contributed by atoms with Crippen LogP contribution in [0.1, 0.15) is 42.9 Å². The minimum Gasteiger partial charge on any atom is -0.446 e. The third-order valence-electron chi connectivity index (χ3n) is 5.21. The predicted octanol–water partition coefficient (Wildman–Crippen LogP) is 3.35. The van der Waals surface area contributed by atoms with E-state index >= 15 is 0 Å². The summed E-state index contributed by atoms with van der Waals surface area (Å²) in [6.45, 7) is 1.02. The number of halogens is 1. The van der Waals surface area contributed by atoms with Crippen molar-refractivity contribution in [3.8, 4) is 0 Å². The summed E-state index contributed by atoms with van der Waals surface area (Å²) in [4.78, 5) is 24.0. The average Bonchev–Trinajstić information content (AvgIpc) is 3.36. The van der Waals surface area contributed by atoms with Crippen molar-refractivity contribution in [2.75, 3.05) is 11.9 Å². The molecule has 0 spiro atoms. The standard InChI is InChI=1S/C20H23ClN4O4/c21-14-5-3-12(4-6-14)11-22-20(27)29-15-8-13(9-15)16-10-18(25-24-16)23-19(26)17-2-1-7-28-17/h3-6,10,13,15,17H,1-2,7-9,11H2,(H,22,27)(H2,23,24,25,26). The van der Waals surface area contributed by atoms with Gasteiger partial charge in [-0.15, -0.1) is 0 Å². The fourth-order valence-corrected chi connectivity index (χ4v) is 3.61. The second-order valence-corrected chi connectivity index (χ2v) is 7.81. The molecule has 29 heavy (non-hydrogen) atoms. The fraction of sp³-hybridized carbons (Fsp3) is 0.450. The van der Waals surface area contributed by atoms with Gasteiger partial charge in [-0.1, -0.05) is 23.7 Å². The van der Waals surface area contributed by atoms with Crippen molar-refractivity contribution in [1.82, 2.24) is 15.5 Å². The van der Waals surface area contributed by atoms with Crippen LogP contribution in [0.5, 0.6) is 0 Å². The first-order valence-corrected chi connectivity index (χ1v) is 10.1. The van der Waals surface area contributed by atoms with Crippen LogP contribution in [0.3, 0.4) is 0 Å². The molecular weight excluding hydrogens is 396 g/mol. The van der Waals surface area contributed by atoms with E-state index in [2.05, 4.69) is 20.8 Å². The van der Waals surface area contributed by atoms with Gasteiger partial charge in [0.2, 0.25) is 0 Å². The number of anilines is 1. The number of aromatic amines is 1. The lowest BCUT2D eigenvalue weighted by Gasteiger charge is -2.33. The Morgan fingerprint density at radius 3 is 2.79 bits per heavy atom. The van der Waals surface area contributed by atoms with E-state index in [0.717, 1.165) is 24.1 Å². The van der Waals surface area contributed by atoms with Crippen molar-refractivity contribution in [2.45, 2.75) is 50.4 Å². The van der Waals surface area contributed by atoms with E-state index in [4.69, 9.17) is 21.1 Å². The van der Waals surface area contributed by atoms with Crippen molar-refractivity contribution in [3.63, 3.8) is 0 Å². The molecule has 1 unspecified atom stereocenters. The minimum atomic E-state index is -0.435. The summed E-state index contributed by atoms with van der Waals surface area (Å²) in [5, 5.41) is 13.3. The molecule has 9 heteroatoms. The van der Waals surface area contributed by atoms with Crippen molar-refractivity contribution < 1.29 is 19.1 Å². The third-order valence-corrected chi connectivity index (χ3v) is 5.47. The number of aromatic nitrogens is 2. The molecule has 3 N–H and O–H groups in total. The molecular formula is C20H23ClN4O4.